The van der Waals surface area contributed by atoms with Crippen LogP contribution in [-0.4, -0.2) is 33.9 Å². The Morgan fingerprint density at radius 1 is 1.38 bits per heavy atom. The van der Waals surface area contributed by atoms with Crippen LogP contribution in [0.15, 0.2) is 18.5 Å². The number of nitrogens with zero attached hydrogens (tertiary/aromatic N) is 3. The van der Waals surface area contributed by atoms with E-state index in [9.17, 15) is 4.79 Å². The molecule has 1 aliphatic heterocycles. The Kier molecular flexibility index (Phi) is 3.46. The van der Waals surface area contributed by atoms with Crippen LogP contribution in [0, 0.1) is 5.92 Å². The van der Waals surface area contributed by atoms with Crippen LogP contribution in [0.3, 0.4) is 0 Å². The molecule has 0 aromatic carbocycles. The lowest BCUT2D eigenvalue weighted by atomic mass is 9.96. The first-order valence-electron chi connectivity index (χ1n) is 5.53. The highest BCUT2D eigenvalue weighted by atomic mass is 16.1. The summed E-state index contributed by atoms with van der Waals surface area (Å²) < 4.78 is 0. The van der Waals surface area contributed by atoms with Crippen molar-refractivity contribution in [2.24, 2.45) is 11.7 Å². The summed E-state index contributed by atoms with van der Waals surface area (Å²) in [4.78, 5) is 21.6. The molecule has 0 atom stereocenters. The molecule has 1 amide bonds. The third kappa shape index (κ3) is 2.76. The Morgan fingerprint density at radius 3 is 2.56 bits per heavy atom. The lowest BCUT2D eigenvalue weighted by Gasteiger charge is -2.29. The largest absolute Gasteiger partial charge is 0.369 e. The first-order valence-corrected chi connectivity index (χ1v) is 5.53. The molecular formula is C11H16N4O. The second kappa shape index (κ2) is 5.03. The molecule has 0 bridgehead atoms. The SMILES string of the molecule is NC(=O)C1CCN(Cc2ncccn2)CC1. The lowest BCUT2D eigenvalue weighted by Crippen LogP contribution is -2.38. The van der Waals surface area contributed by atoms with E-state index in [2.05, 4.69) is 14.9 Å². The van der Waals surface area contributed by atoms with Crippen molar-refractivity contribution < 1.29 is 4.79 Å². The van der Waals surface area contributed by atoms with Gasteiger partial charge in [0, 0.05) is 18.3 Å². The fraction of sp³-hybridized carbons (Fsp3) is 0.545. The van der Waals surface area contributed by atoms with Gasteiger partial charge in [0.1, 0.15) is 5.82 Å². The second-order valence-corrected chi connectivity index (χ2v) is 4.12. The van der Waals surface area contributed by atoms with Gasteiger partial charge in [-0.2, -0.15) is 0 Å². The van der Waals surface area contributed by atoms with Gasteiger partial charge in [0.05, 0.1) is 6.54 Å². The minimum atomic E-state index is -0.171. The molecule has 0 unspecified atom stereocenters. The number of carbonyl (C=O) groups excluding carboxylic acids is 1. The molecule has 0 aliphatic carbocycles. The molecule has 0 radical (unpaired) electrons. The second-order valence-electron chi connectivity index (χ2n) is 4.12. The van der Waals surface area contributed by atoms with Crippen molar-refractivity contribution in [2.45, 2.75) is 19.4 Å². The van der Waals surface area contributed by atoms with E-state index in [1.165, 1.54) is 0 Å². The molecule has 0 spiro atoms. The summed E-state index contributed by atoms with van der Waals surface area (Å²) in [5.41, 5.74) is 5.28. The predicted molar refractivity (Wildman–Crippen MR) is 59.2 cm³/mol. The summed E-state index contributed by atoms with van der Waals surface area (Å²) in [6.07, 6.45) is 5.20. The summed E-state index contributed by atoms with van der Waals surface area (Å²) in [6.45, 7) is 2.55. The molecule has 86 valence electrons. The smallest absolute Gasteiger partial charge is 0.220 e. The summed E-state index contributed by atoms with van der Waals surface area (Å²) in [6, 6.07) is 1.81. The van der Waals surface area contributed by atoms with E-state index in [1.54, 1.807) is 12.4 Å². The molecule has 2 rings (SSSR count). The van der Waals surface area contributed by atoms with Gasteiger partial charge in [-0.3, -0.25) is 9.69 Å². The highest BCUT2D eigenvalue weighted by Gasteiger charge is 2.23. The minimum absolute atomic E-state index is 0.0490. The van der Waals surface area contributed by atoms with Gasteiger partial charge < -0.3 is 5.73 Å². The number of aromatic nitrogens is 2. The minimum Gasteiger partial charge on any atom is -0.369 e. The summed E-state index contributed by atoms with van der Waals surface area (Å²) in [5.74, 6) is 0.712. The van der Waals surface area contributed by atoms with E-state index in [4.69, 9.17) is 5.73 Å². The van der Waals surface area contributed by atoms with E-state index < -0.39 is 0 Å². The van der Waals surface area contributed by atoms with E-state index in [0.717, 1.165) is 38.3 Å². The maximum Gasteiger partial charge on any atom is 0.220 e. The van der Waals surface area contributed by atoms with E-state index in [1.807, 2.05) is 6.07 Å². The van der Waals surface area contributed by atoms with Crippen molar-refractivity contribution in [3.05, 3.63) is 24.3 Å². The van der Waals surface area contributed by atoms with Crippen molar-refractivity contribution in [3.63, 3.8) is 0 Å². The van der Waals surface area contributed by atoms with Gasteiger partial charge in [0.15, 0.2) is 0 Å². The Bertz CT molecular complexity index is 346. The van der Waals surface area contributed by atoms with Crippen molar-refractivity contribution in [3.8, 4) is 0 Å². The Labute approximate surface area is 94.7 Å². The van der Waals surface area contributed by atoms with Crippen LogP contribution < -0.4 is 5.73 Å². The fourth-order valence-corrected chi connectivity index (χ4v) is 1.99. The average molecular weight is 220 g/mol. The standard InChI is InChI=1S/C11H16N4O/c12-11(16)9-2-6-15(7-3-9)8-10-13-4-1-5-14-10/h1,4-5,9H,2-3,6-8H2,(H2,12,16). The number of hydrogen-bond acceptors (Lipinski definition) is 4. The number of hydrogen-bond donors (Lipinski definition) is 1. The van der Waals surface area contributed by atoms with Crippen molar-refractivity contribution >= 4 is 5.91 Å². The van der Waals surface area contributed by atoms with Crippen molar-refractivity contribution in [1.82, 2.24) is 14.9 Å². The average Bonchev–Trinajstić information content (AvgIpc) is 2.31. The molecule has 1 saturated heterocycles. The zero-order valence-corrected chi connectivity index (χ0v) is 9.17. The molecule has 2 N–H and O–H groups in total. The molecule has 16 heavy (non-hydrogen) atoms. The van der Waals surface area contributed by atoms with Crippen LogP contribution in [0.1, 0.15) is 18.7 Å². The number of primary amides is 1. The van der Waals surface area contributed by atoms with Crippen molar-refractivity contribution in [1.29, 1.82) is 0 Å². The molecule has 5 nitrogen and oxygen atoms in total. The van der Waals surface area contributed by atoms with Gasteiger partial charge >= 0.3 is 0 Å². The molecule has 5 heteroatoms. The lowest BCUT2D eigenvalue weighted by molar-refractivity contribution is -0.123. The molecular weight excluding hydrogens is 204 g/mol. The van der Waals surface area contributed by atoms with Gasteiger partial charge in [-0.05, 0) is 32.0 Å². The van der Waals surface area contributed by atoms with Gasteiger partial charge in [-0.15, -0.1) is 0 Å². The number of carbonyl (C=O) groups is 1. The summed E-state index contributed by atoms with van der Waals surface area (Å²) >= 11 is 0. The topological polar surface area (TPSA) is 72.1 Å². The van der Waals surface area contributed by atoms with Gasteiger partial charge in [0.2, 0.25) is 5.91 Å². The molecule has 1 aliphatic rings. The maximum absolute atomic E-state index is 11.0. The first kappa shape index (κ1) is 11.0. The van der Waals surface area contributed by atoms with Crippen LogP contribution in [0.4, 0.5) is 0 Å². The quantitative estimate of drug-likeness (QED) is 0.788. The third-order valence-electron chi connectivity index (χ3n) is 2.97. The van der Waals surface area contributed by atoms with Crippen molar-refractivity contribution in [2.75, 3.05) is 13.1 Å². The fourth-order valence-electron chi connectivity index (χ4n) is 1.99. The van der Waals surface area contributed by atoms with E-state index in [-0.39, 0.29) is 11.8 Å². The normalized spacial score (nSPS) is 18.5. The Balaban J connectivity index is 1.84. The monoisotopic (exact) mass is 220 g/mol. The van der Waals surface area contributed by atoms with Crippen LogP contribution in [0.25, 0.3) is 0 Å². The predicted octanol–water partition coefficient (Wildman–Crippen LogP) is 0.174. The zero-order chi connectivity index (χ0) is 11.4. The molecule has 2 heterocycles. The van der Waals surface area contributed by atoms with E-state index >= 15 is 0 Å². The maximum atomic E-state index is 11.0. The number of nitrogens with two attached hydrogens (primary N) is 1. The van der Waals surface area contributed by atoms with E-state index in [0.29, 0.717) is 0 Å². The van der Waals surface area contributed by atoms with Crippen LogP contribution in [-0.2, 0) is 11.3 Å². The summed E-state index contributed by atoms with van der Waals surface area (Å²) in [5, 5.41) is 0. The summed E-state index contributed by atoms with van der Waals surface area (Å²) in [7, 11) is 0. The highest BCUT2D eigenvalue weighted by Crippen LogP contribution is 2.17. The number of piperidine rings is 1. The number of rotatable bonds is 3. The van der Waals surface area contributed by atoms with Gasteiger partial charge in [-0.1, -0.05) is 0 Å². The van der Waals surface area contributed by atoms with Gasteiger partial charge in [-0.25, -0.2) is 9.97 Å². The molecule has 1 aromatic heterocycles. The Morgan fingerprint density at radius 2 is 2.00 bits per heavy atom. The zero-order valence-electron chi connectivity index (χ0n) is 9.17. The highest BCUT2D eigenvalue weighted by molar-refractivity contribution is 5.76. The molecule has 0 saturated carbocycles. The van der Waals surface area contributed by atoms with Gasteiger partial charge in [0.25, 0.3) is 0 Å². The number of amides is 1. The van der Waals surface area contributed by atoms with Crippen LogP contribution in [0.5, 0.6) is 0 Å². The first-order chi connectivity index (χ1) is 7.75. The number of likely N-dealkylation sites (tertiary alicyclic amines) is 1. The molecule has 1 fully saturated rings. The van der Waals surface area contributed by atoms with Crippen LogP contribution >= 0.6 is 0 Å². The van der Waals surface area contributed by atoms with Crippen LogP contribution in [0.2, 0.25) is 0 Å². The Hall–Kier alpha value is -1.49. The third-order valence-corrected chi connectivity index (χ3v) is 2.97. The molecule has 1 aromatic rings.